The second-order valence-corrected chi connectivity index (χ2v) is 7.22. The third-order valence-corrected chi connectivity index (χ3v) is 4.86. The molecule has 0 spiro atoms. The lowest BCUT2D eigenvalue weighted by Gasteiger charge is -2.11. The molecule has 0 amide bonds. The summed E-state index contributed by atoms with van der Waals surface area (Å²) in [7, 11) is -3.72. The molecule has 1 N–H and O–H groups in total. The number of nitrogens with one attached hydrogen (secondary N) is 1. The van der Waals surface area contributed by atoms with Crippen molar-refractivity contribution >= 4 is 27.3 Å². The molecule has 0 atom stereocenters. The predicted molar refractivity (Wildman–Crippen MR) is 94.2 cm³/mol. The highest BCUT2D eigenvalue weighted by molar-refractivity contribution is 7.92. The van der Waals surface area contributed by atoms with Crippen LogP contribution in [-0.2, 0) is 16.6 Å². The van der Waals surface area contributed by atoms with Gasteiger partial charge in [0, 0.05) is 11.1 Å². The molecular formula is C16H15ClN4O3S. The zero-order valence-electron chi connectivity index (χ0n) is 13.0. The average Bonchev–Trinajstić information content (AvgIpc) is 3.08. The van der Waals surface area contributed by atoms with E-state index < -0.39 is 10.0 Å². The number of sulfonamides is 1. The van der Waals surface area contributed by atoms with E-state index in [1.165, 1.54) is 18.5 Å². The highest BCUT2D eigenvalue weighted by atomic mass is 35.5. The monoisotopic (exact) mass is 378 g/mol. The van der Waals surface area contributed by atoms with Gasteiger partial charge in [-0.3, -0.25) is 4.72 Å². The van der Waals surface area contributed by atoms with E-state index in [0.717, 1.165) is 0 Å². The molecule has 0 aliphatic rings. The average molecular weight is 379 g/mol. The molecule has 1 heterocycles. The van der Waals surface area contributed by atoms with Gasteiger partial charge in [0.2, 0.25) is 0 Å². The van der Waals surface area contributed by atoms with Gasteiger partial charge in [-0.25, -0.2) is 18.1 Å². The van der Waals surface area contributed by atoms with Crippen molar-refractivity contribution in [3.05, 3.63) is 66.2 Å². The standard InChI is InChI=1S/C16H15ClN4O3S/c17-13-3-1-6-16(9-13)25(22,23)20-14-4-2-5-15(10-14)24-8-7-21-12-18-11-19-21/h1-6,9-12,20H,7-8H2. The van der Waals surface area contributed by atoms with Gasteiger partial charge in [-0.1, -0.05) is 23.7 Å². The summed E-state index contributed by atoms with van der Waals surface area (Å²) in [6, 6.07) is 12.8. The molecular weight excluding hydrogens is 364 g/mol. The van der Waals surface area contributed by atoms with Crippen molar-refractivity contribution in [2.24, 2.45) is 0 Å². The fourth-order valence-electron chi connectivity index (χ4n) is 2.10. The molecule has 130 valence electrons. The van der Waals surface area contributed by atoms with Crippen LogP contribution in [0.4, 0.5) is 5.69 Å². The maximum absolute atomic E-state index is 12.4. The summed E-state index contributed by atoms with van der Waals surface area (Å²) >= 11 is 5.85. The van der Waals surface area contributed by atoms with Gasteiger partial charge in [-0.05, 0) is 30.3 Å². The lowest BCUT2D eigenvalue weighted by molar-refractivity contribution is 0.291. The Balaban J connectivity index is 1.66. The van der Waals surface area contributed by atoms with Gasteiger partial charge in [-0.15, -0.1) is 0 Å². The number of ether oxygens (including phenoxy) is 1. The van der Waals surface area contributed by atoms with Crippen LogP contribution in [0.3, 0.4) is 0 Å². The fourth-order valence-corrected chi connectivity index (χ4v) is 3.45. The number of rotatable bonds is 7. The van der Waals surface area contributed by atoms with Gasteiger partial charge >= 0.3 is 0 Å². The van der Waals surface area contributed by atoms with Crippen LogP contribution in [0.25, 0.3) is 0 Å². The second kappa shape index (κ2) is 7.54. The number of aromatic nitrogens is 3. The van der Waals surface area contributed by atoms with Gasteiger partial charge < -0.3 is 4.74 Å². The summed E-state index contributed by atoms with van der Waals surface area (Å²) in [4.78, 5) is 3.94. The molecule has 3 rings (SSSR count). The summed E-state index contributed by atoms with van der Waals surface area (Å²) in [6.45, 7) is 0.923. The van der Waals surface area contributed by atoms with E-state index in [0.29, 0.717) is 29.6 Å². The van der Waals surface area contributed by atoms with Crippen LogP contribution >= 0.6 is 11.6 Å². The van der Waals surface area contributed by atoms with E-state index in [1.807, 2.05) is 0 Å². The van der Waals surface area contributed by atoms with Gasteiger partial charge in [0.25, 0.3) is 10.0 Å². The van der Waals surface area contributed by atoms with Crippen LogP contribution in [0, 0.1) is 0 Å². The first kappa shape index (κ1) is 17.2. The molecule has 0 unspecified atom stereocenters. The lowest BCUT2D eigenvalue weighted by atomic mass is 10.3. The van der Waals surface area contributed by atoms with Gasteiger partial charge in [0.1, 0.15) is 25.0 Å². The van der Waals surface area contributed by atoms with Crippen molar-refractivity contribution in [2.45, 2.75) is 11.4 Å². The van der Waals surface area contributed by atoms with E-state index in [-0.39, 0.29) is 4.90 Å². The van der Waals surface area contributed by atoms with Gasteiger partial charge in [-0.2, -0.15) is 5.10 Å². The normalized spacial score (nSPS) is 11.2. The Hall–Kier alpha value is -2.58. The number of nitrogens with zero attached hydrogens (tertiary/aromatic N) is 3. The Morgan fingerprint density at radius 2 is 2.00 bits per heavy atom. The topological polar surface area (TPSA) is 86.1 Å². The van der Waals surface area contributed by atoms with E-state index in [9.17, 15) is 8.42 Å². The Morgan fingerprint density at radius 3 is 2.76 bits per heavy atom. The third-order valence-electron chi connectivity index (χ3n) is 3.25. The van der Waals surface area contributed by atoms with Crippen LogP contribution in [0.1, 0.15) is 0 Å². The number of hydrogen-bond acceptors (Lipinski definition) is 5. The largest absolute Gasteiger partial charge is 0.492 e. The molecule has 7 nitrogen and oxygen atoms in total. The molecule has 0 saturated carbocycles. The predicted octanol–water partition coefficient (Wildman–Crippen LogP) is 2.81. The van der Waals surface area contributed by atoms with Crippen molar-refractivity contribution in [2.75, 3.05) is 11.3 Å². The van der Waals surface area contributed by atoms with Crippen LogP contribution in [0.15, 0.2) is 66.1 Å². The van der Waals surface area contributed by atoms with Crippen LogP contribution in [0.2, 0.25) is 5.02 Å². The zero-order chi connectivity index (χ0) is 17.7. The maximum atomic E-state index is 12.4. The molecule has 3 aromatic rings. The van der Waals surface area contributed by atoms with Crippen molar-refractivity contribution < 1.29 is 13.2 Å². The molecule has 0 aliphatic carbocycles. The van der Waals surface area contributed by atoms with Crippen molar-refractivity contribution in [1.82, 2.24) is 14.8 Å². The Kier molecular flexibility index (Phi) is 5.20. The summed E-state index contributed by atoms with van der Waals surface area (Å²) in [5, 5.41) is 4.33. The fraction of sp³-hybridized carbons (Fsp3) is 0.125. The molecule has 0 aliphatic heterocycles. The van der Waals surface area contributed by atoms with Crippen LogP contribution < -0.4 is 9.46 Å². The Bertz CT molecular complexity index is 946. The van der Waals surface area contributed by atoms with E-state index in [1.54, 1.807) is 47.4 Å². The minimum Gasteiger partial charge on any atom is -0.492 e. The van der Waals surface area contributed by atoms with Crippen molar-refractivity contribution in [1.29, 1.82) is 0 Å². The van der Waals surface area contributed by atoms with E-state index in [4.69, 9.17) is 16.3 Å². The van der Waals surface area contributed by atoms with Crippen molar-refractivity contribution in [3.8, 4) is 5.75 Å². The number of halogens is 1. The number of hydrogen-bond donors (Lipinski definition) is 1. The molecule has 0 fully saturated rings. The molecule has 0 radical (unpaired) electrons. The minimum atomic E-state index is -3.72. The zero-order valence-corrected chi connectivity index (χ0v) is 14.6. The number of benzene rings is 2. The Labute approximate surface area is 150 Å². The summed E-state index contributed by atoms with van der Waals surface area (Å²) < 4.78 is 34.6. The van der Waals surface area contributed by atoms with E-state index in [2.05, 4.69) is 14.8 Å². The molecule has 25 heavy (non-hydrogen) atoms. The molecule has 0 bridgehead atoms. The van der Waals surface area contributed by atoms with Gasteiger partial charge in [0.15, 0.2) is 0 Å². The van der Waals surface area contributed by atoms with E-state index >= 15 is 0 Å². The summed E-state index contributed by atoms with van der Waals surface area (Å²) in [6.07, 6.45) is 3.05. The maximum Gasteiger partial charge on any atom is 0.261 e. The SMILES string of the molecule is O=S(=O)(Nc1cccc(OCCn2cncn2)c1)c1cccc(Cl)c1. The third kappa shape index (κ3) is 4.71. The van der Waals surface area contributed by atoms with Gasteiger partial charge in [0.05, 0.1) is 17.1 Å². The quantitative estimate of drug-likeness (QED) is 0.683. The molecule has 0 saturated heterocycles. The minimum absolute atomic E-state index is 0.0949. The molecule has 2 aromatic carbocycles. The first-order valence-electron chi connectivity index (χ1n) is 7.37. The lowest BCUT2D eigenvalue weighted by Crippen LogP contribution is -2.13. The van der Waals surface area contributed by atoms with Crippen LogP contribution in [-0.4, -0.2) is 29.8 Å². The first-order chi connectivity index (χ1) is 12.0. The summed E-state index contributed by atoms with van der Waals surface area (Å²) in [5.41, 5.74) is 0.401. The molecule has 9 heteroatoms. The van der Waals surface area contributed by atoms with Crippen LogP contribution in [0.5, 0.6) is 5.75 Å². The highest BCUT2D eigenvalue weighted by Gasteiger charge is 2.14. The van der Waals surface area contributed by atoms with Crippen molar-refractivity contribution in [3.63, 3.8) is 0 Å². The number of anilines is 1. The smallest absolute Gasteiger partial charge is 0.261 e. The highest BCUT2D eigenvalue weighted by Crippen LogP contribution is 2.22. The first-order valence-corrected chi connectivity index (χ1v) is 9.23. The Morgan fingerprint density at radius 1 is 1.16 bits per heavy atom. The summed E-state index contributed by atoms with van der Waals surface area (Å²) in [5.74, 6) is 0.548. The molecule has 1 aromatic heterocycles. The second-order valence-electron chi connectivity index (χ2n) is 5.10.